The molecule has 1 heterocycles. The van der Waals surface area contributed by atoms with Crippen LogP contribution in [-0.2, 0) is 21.9 Å². The predicted molar refractivity (Wildman–Crippen MR) is 124 cm³/mol. The highest BCUT2D eigenvalue weighted by atomic mass is 32.2. The number of aryl methyl sites for hydroxylation is 1. The second-order valence-corrected chi connectivity index (χ2v) is 10.8. The number of nitrogens with one attached hydrogen (secondary N) is 2. The molecular formula is C23H31N3O3S. The Morgan fingerprint density at radius 3 is 2.30 bits per heavy atom. The normalized spacial score (nSPS) is 14.2. The number of amides is 2. The summed E-state index contributed by atoms with van der Waals surface area (Å²) < 4.78 is 26.6. The molecule has 0 spiro atoms. The number of urea groups is 1. The van der Waals surface area contributed by atoms with Gasteiger partial charge in [0.15, 0.2) is 0 Å². The van der Waals surface area contributed by atoms with Crippen molar-refractivity contribution in [1.29, 1.82) is 0 Å². The average molecular weight is 430 g/mol. The molecule has 162 valence electrons. The maximum Gasteiger partial charge on any atom is 0.323 e. The molecule has 2 aromatic rings. The van der Waals surface area contributed by atoms with Crippen molar-refractivity contribution >= 4 is 33.1 Å². The summed E-state index contributed by atoms with van der Waals surface area (Å²) in [6.07, 6.45) is 2.15. The van der Waals surface area contributed by atoms with Crippen LogP contribution in [0.3, 0.4) is 0 Å². The molecule has 0 atom stereocenters. The van der Waals surface area contributed by atoms with Crippen LogP contribution in [0.5, 0.6) is 0 Å². The number of hydrogen-bond acceptors (Lipinski definition) is 3. The molecule has 2 N–H and O–H groups in total. The number of carbonyl (C=O) groups is 1. The van der Waals surface area contributed by atoms with E-state index < -0.39 is 10.0 Å². The molecule has 6 nitrogen and oxygen atoms in total. The smallest absolute Gasteiger partial charge is 0.308 e. The highest BCUT2D eigenvalue weighted by Gasteiger charge is 2.27. The molecule has 0 saturated heterocycles. The van der Waals surface area contributed by atoms with E-state index in [4.69, 9.17) is 0 Å². The van der Waals surface area contributed by atoms with Gasteiger partial charge in [-0.1, -0.05) is 39.8 Å². The highest BCUT2D eigenvalue weighted by Crippen LogP contribution is 2.32. The number of nitrogens with zero attached hydrogens (tertiary/aromatic N) is 1. The summed E-state index contributed by atoms with van der Waals surface area (Å²) in [5, 5.41) is 5.69. The van der Waals surface area contributed by atoms with Gasteiger partial charge in [-0.15, -0.1) is 0 Å². The Morgan fingerprint density at radius 1 is 1.03 bits per heavy atom. The number of sulfonamides is 1. The van der Waals surface area contributed by atoms with Gasteiger partial charge in [0.2, 0.25) is 10.0 Å². The van der Waals surface area contributed by atoms with Gasteiger partial charge in [-0.25, -0.2) is 13.2 Å². The first-order valence-electron chi connectivity index (χ1n) is 10.4. The molecule has 1 aliphatic rings. The van der Waals surface area contributed by atoms with E-state index in [9.17, 15) is 13.2 Å². The molecule has 7 heteroatoms. The zero-order valence-electron chi connectivity index (χ0n) is 18.2. The Kier molecular flexibility index (Phi) is 6.41. The van der Waals surface area contributed by atoms with Crippen LogP contribution in [0.2, 0.25) is 0 Å². The summed E-state index contributed by atoms with van der Waals surface area (Å²) >= 11 is 0. The molecule has 0 bridgehead atoms. The third-order valence-electron chi connectivity index (χ3n) is 5.22. The molecular weight excluding hydrogens is 398 g/mol. The van der Waals surface area contributed by atoms with Gasteiger partial charge >= 0.3 is 6.03 Å². The molecule has 0 aromatic heterocycles. The number of benzene rings is 2. The zero-order valence-corrected chi connectivity index (χ0v) is 19.0. The summed E-state index contributed by atoms with van der Waals surface area (Å²) in [5.74, 6) is 0.142. The fourth-order valence-electron chi connectivity index (χ4n) is 3.64. The molecule has 0 saturated carbocycles. The number of hydrogen-bond donors (Lipinski definition) is 2. The highest BCUT2D eigenvalue weighted by molar-refractivity contribution is 7.92. The monoisotopic (exact) mass is 429 g/mol. The van der Waals surface area contributed by atoms with Crippen LogP contribution in [0.1, 0.15) is 51.7 Å². The fourth-order valence-corrected chi connectivity index (χ4v) is 5.27. The van der Waals surface area contributed by atoms with Crippen molar-refractivity contribution in [3.05, 3.63) is 53.6 Å². The quantitative estimate of drug-likeness (QED) is 0.692. The lowest BCUT2D eigenvalue weighted by Crippen LogP contribution is -2.37. The third-order valence-corrected chi connectivity index (χ3v) is 7.20. The van der Waals surface area contributed by atoms with Gasteiger partial charge < -0.3 is 10.6 Å². The molecule has 0 radical (unpaired) electrons. The lowest BCUT2D eigenvalue weighted by atomic mass is 9.87. The van der Waals surface area contributed by atoms with Crippen LogP contribution >= 0.6 is 0 Å². The van der Waals surface area contributed by atoms with Crippen molar-refractivity contribution in [2.75, 3.05) is 27.2 Å². The van der Waals surface area contributed by atoms with E-state index >= 15 is 0 Å². The Labute approximate surface area is 179 Å². The van der Waals surface area contributed by atoms with Crippen LogP contribution in [0.15, 0.2) is 42.5 Å². The number of fused-ring (bicyclic) bond motifs is 1. The molecule has 0 aliphatic carbocycles. The van der Waals surface area contributed by atoms with Crippen LogP contribution < -0.4 is 14.9 Å². The van der Waals surface area contributed by atoms with Crippen molar-refractivity contribution in [3.63, 3.8) is 0 Å². The van der Waals surface area contributed by atoms with Gasteiger partial charge in [-0.05, 0) is 66.1 Å². The summed E-state index contributed by atoms with van der Waals surface area (Å²) in [6, 6.07) is 12.9. The molecule has 30 heavy (non-hydrogen) atoms. The van der Waals surface area contributed by atoms with Gasteiger partial charge in [-0.3, -0.25) is 4.31 Å². The Bertz CT molecular complexity index is 1010. The lowest BCUT2D eigenvalue weighted by molar-refractivity contribution is 0.262. The number of carbonyl (C=O) groups excluding carboxylic acids is 1. The van der Waals surface area contributed by atoms with E-state index in [1.54, 1.807) is 12.1 Å². The maximum atomic E-state index is 12.5. The second-order valence-electron chi connectivity index (χ2n) is 8.74. The molecule has 0 unspecified atom stereocenters. The molecule has 0 fully saturated rings. The summed E-state index contributed by atoms with van der Waals surface area (Å²) in [7, 11) is -3.30. The molecule has 2 amide bonds. The van der Waals surface area contributed by atoms with E-state index in [1.165, 1.54) is 9.87 Å². The summed E-state index contributed by atoms with van der Waals surface area (Å²) in [5.41, 5.74) is 4.28. The number of rotatable bonds is 5. The summed E-state index contributed by atoms with van der Waals surface area (Å²) in [6.45, 7) is 8.81. The topological polar surface area (TPSA) is 78.5 Å². The minimum absolute atomic E-state index is 0.0579. The van der Waals surface area contributed by atoms with Crippen molar-refractivity contribution < 1.29 is 13.2 Å². The molecule has 2 aromatic carbocycles. The Morgan fingerprint density at radius 2 is 1.67 bits per heavy atom. The van der Waals surface area contributed by atoms with Gasteiger partial charge in [0.05, 0.1) is 11.4 Å². The van der Waals surface area contributed by atoms with Crippen LogP contribution in [0.4, 0.5) is 21.9 Å². The van der Waals surface area contributed by atoms with Gasteiger partial charge in [-0.2, -0.15) is 0 Å². The second kappa shape index (κ2) is 8.68. The third kappa shape index (κ3) is 5.14. The zero-order chi connectivity index (χ0) is 21.9. The van der Waals surface area contributed by atoms with Gasteiger partial charge in [0.1, 0.15) is 0 Å². The minimum Gasteiger partial charge on any atom is -0.308 e. The predicted octanol–water partition coefficient (Wildman–Crippen LogP) is 5.12. The number of anilines is 3. The van der Waals surface area contributed by atoms with Crippen LogP contribution in [0.25, 0.3) is 0 Å². The van der Waals surface area contributed by atoms with E-state index in [0.29, 0.717) is 18.7 Å². The average Bonchev–Trinajstić information content (AvgIpc) is 2.67. The van der Waals surface area contributed by atoms with Gasteiger partial charge in [0.25, 0.3) is 0 Å². The van der Waals surface area contributed by atoms with E-state index in [0.717, 1.165) is 29.8 Å². The minimum atomic E-state index is -3.30. The fraction of sp³-hybridized carbons (Fsp3) is 0.435. The van der Waals surface area contributed by atoms with Crippen molar-refractivity contribution in [2.45, 2.75) is 52.4 Å². The molecule has 1 aliphatic heterocycles. The Hall–Kier alpha value is -2.54. The van der Waals surface area contributed by atoms with Crippen molar-refractivity contribution in [1.82, 2.24) is 0 Å². The van der Waals surface area contributed by atoms with E-state index in [-0.39, 0.29) is 17.2 Å². The lowest BCUT2D eigenvalue weighted by Gasteiger charge is -2.30. The molecule has 3 rings (SSSR count). The first-order valence-corrected chi connectivity index (χ1v) is 12.0. The van der Waals surface area contributed by atoms with Crippen molar-refractivity contribution in [3.8, 4) is 0 Å². The first kappa shape index (κ1) is 22.2. The standard InChI is InChI=1S/C23H31N3O3S/c1-5-15-30(28,29)26-14-6-7-17-16-20(12-13-21(17)26)25-22(27)24-19-10-8-18(9-11-19)23(2,3)4/h8-13,16H,5-7,14-15H2,1-4H3,(H2,24,25,27). The van der Waals surface area contributed by atoms with E-state index in [1.807, 2.05) is 37.3 Å². The van der Waals surface area contributed by atoms with Crippen molar-refractivity contribution in [2.24, 2.45) is 0 Å². The Balaban J connectivity index is 1.70. The van der Waals surface area contributed by atoms with E-state index in [2.05, 4.69) is 31.4 Å². The van der Waals surface area contributed by atoms with Crippen LogP contribution in [0, 0.1) is 0 Å². The SMILES string of the molecule is CCCS(=O)(=O)N1CCCc2cc(NC(=O)Nc3ccc(C(C)(C)C)cc3)ccc21. The van der Waals surface area contributed by atoms with Crippen LogP contribution in [-0.4, -0.2) is 26.7 Å². The first-order chi connectivity index (χ1) is 14.1. The maximum absolute atomic E-state index is 12.5. The largest absolute Gasteiger partial charge is 0.323 e. The summed E-state index contributed by atoms with van der Waals surface area (Å²) in [4.78, 5) is 12.4. The van der Waals surface area contributed by atoms with Gasteiger partial charge in [0, 0.05) is 17.9 Å².